The lowest BCUT2D eigenvalue weighted by Crippen LogP contribution is -2.16. The molecule has 1 amide bonds. The first-order chi connectivity index (χ1) is 14.2. The van der Waals surface area contributed by atoms with E-state index in [0.29, 0.717) is 19.0 Å². The van der Waals surface area contributed by atoms with Crippen LogP contribution in [0.2, 0.25) is 0 Å². The normalized spacial score (nSPS) is 10.3. The highest BCUT2D eigenvalue weighted by Gasteiger charge is 2.10. The number of aryl methyl sites for hydroxylation is 1. The first-order valence-electron chi connectivity index (χ1n) is 9.41. The van der Waals surface area contributed by atoms with Crippen LogP contribution in [0.1, 0.15) is 23.0 Å². The van der Waals surface area contributed by atoms with E-state index in [-0.39, 0.29) is 11.6 Å². The average Bonchev–Trinajstić information content (AvgIpc) is 2.78. The van der Waals surface area contributed by atoms with Gasteiger partial charge in [-0.3, -0.25) is 4.79 Å². The number of rotatable bonds is 9. The largest absolute Gasteiger partial charge is 0.497 e. The molecule has 1 aromatic heterocycles. The number of hydrogen-bond acceptors (Lipinski definition) is 6. The molecule has 2 aromatic carbocycles. The monoisotopic (exact) mass is 392 g/mol. The molecule has 0 unspecified atom stereocenters. The number of para-hydroxylation sites is 1. The van der Waals surface area contributed by atoms with Gasteiger partial charge in [0.1, 0.15) is 29.6 Å². The topological polar surface area (TPSA) is 85.4 Å². The van der Waals surface area contributed by atoms with Gasteiger partial charge in [0.25, 0.3) is 5.91 Å². The molecule has 0 aliphatic carbocycles. The standard InChI is InChI=1S/C22H24N4O3/c1-3-16-6-4-5-7-19(16)26-22(27)20-14-25-21(15-24-20)23-12-13-29-18-10-8-17(28-2)9-11-18/h4-11,14-15H,3,12-13H2,1-2H3,(H,23,25)(H,26,27). The van der Waals surface area contributed by atoms with E-state index >= 15 is 0 Å². The van der Waals surface area contributed by atoms with Crippen molar-refractivity contribution in [3.8, 4) is 11.5 Å². The summed E-state index contributed by atoms with van der Waals surface area (Å²) in [6.45, 7) is 3.06. The van der Waals surface area contributed by atoms with Crippen LogP contribution in [0.3, 0.4) is 0 Å². The summed E-state index contributed by atoms with van der Waals surface area (Å²) >= 11 is 0. The molecule has 0 aliphatic heterocycles. The minimum atomic E-state index is -0.284. The van der Waals surface area contributed by atoms with Crippen LogP contribution in [0.5, 0.6) is 11.5 Å². The maximum atomic E-state index is 12.4. The van der Waals surface area contributed by atoms with Crippen LogP contribution in [-0.2, 0) is 6.42 Å². The van der Waals surface area contributed by atoms with Crippen LogP contribution in [0.4, 0.5) is 11.5 Å². The van der Waals surface area contributed by atoms with Crippen LogP contribution >= 0.6 is 0 Å². The van der Waals surface area contributed by atoms with Gasteiger partial charge in [0.2, 0.25) is 0 Å². The molecule has 150 valence electrons. The van der Waals surface area contributed by atoms with E-state index in [1.165, 1.54) is 12.4 Å². The Morgan fingerprint density at radius 3 is 2.45 bits per heavy atom. The molecule has 0 aliphatic rings. The SMILES string of the molecule is CCc1ccccc1NC(=O)c1cnc(NCCOc2ccc(OC)cc2)cn1. The first-order valence-corrected chi connectivity index (χ1v) is 9.41. The summed E-state index contributed by atoms with van der Waals surface area (Å²) in [6.07, 6.45) is 3.83. The van der Waals surface area contributed by atoms with Crippen molar-refractivity contribution in [3.63, 3.8) is 0 Å². The Morgan fingerprint density at radius 1 is 1.00 bits per heavy atom. The van der Waals surface area contributed by atoms with E-state index < -0.39 is 0 Å². The van der Waals surface area contributed by atoms with E-state index in [1.807, 2.05) is 55.5 Å². The lowest BCUT2D eigenvalue weighted by atomic mass is 10.1. The molecule has 29 heavy (non-hydrogen) atoms. The smallest absolute Gasteiger partial charge is 0.275 e. The van der Waals surface area contributed by atoms with Crippen LogP contribution in [0, 0.1) is 0 Å². The number of carbonyl (C=O) groups is 1. The molecule has 7 nitrogen and oxygen atoms in total. The second kappa shape index (κ2) is 10.1. The Bertz CT molecular complexity index is 928. The van der Waals surface area contributed by atoms with Gasteiger partial charge in [-0.15, -0.1) is 0 Å². The summed E-state index contributed by atoms with van der Waals surface area (Å²) in [7, 11) is 1.62. The van der Waals surface area contributed by atoms with Crippen LogP contribution in [0.25, 0.3) is 0 Å². The molecule has 0 atom stereocenters. The Hall–Kier alpha value is -3.61. The van der Waals surface area contributed by atoms with Crippen molar-refractivity contribution in [2.24, 2.45) is 0 Å². The molecule has 0 spiro atoms. The van der Waals surface area contributed by atoms with E-state index in [1.54, 1.807) is 7.11 Å². The third-order valence-corrected chi connectivity index (χ3v) is 4.27. The second-order valence-corrected chi connectivity index (χ2v) is 6.20. The van der Waals surface area contributed by atoms with E-state index in [2.05, 4.69) is 20.6 Å². The van der Waals surface area contributed by atoms with Crippen molar-refractivity contribution < 1.29 is 14.3 Å². The highest BCUT2D eigenvalue weighted by atomic mass is 16.5. The quantitative estimate of drug-likeness (QED) is 0.539. The fourth-order valence-corrected chi connectivity index (χ4v) is 2.69. The highest BCUT2D eigenvalue weighted by Crippen LogP contribution is 2.17. The van der Waals surface area contributed by atoms with Gasteiger partial charge in [-0.05, 0) is 42.3 Å². The third-order valence-electron chi connectivity index (χ3n) is 4.27. The predicted octanol–water partition coefficient (Wildman–Crippen LogP) is 3.79. The van der Waals surface area contributed by atoms with Crippen LogP contribution < -0.4 is 20.1 Å². The van der Waals surface area contributed by atoms with E-state index in [9.17, 15) is 4.79 Å². The summed E-state index contributed by atoms with van der Waals surface area (Å²) < 4.78 is 10.8. The number of nitrogens with one attached hydrogen (secondary N) is 2. The van der Waals surface area contributed by atoms with Gasteiger partial charge in [0.05, 0.1) is 26.0 Å². The van der Waals surface area contributed by atoms with Crippen molar-refractivity contribution in [2.45, 2.75) is 13.3 Å². The zero-order valence-electron chi connectivity index (χ0n) is 16.5. The minimum Gasteiger partial charge on any atom is -0.497 e. The summed E-state index contributed by atoms with van der Waals surface area (Å²) in [5.41, 5.74) is 2.12. The van der Waals surface area contributed by atoms with Gasteiger partial charge >= 0.3 is 0 Å². The number of ether oxygens (including phenoxy) is 2. The number of benzene rings is 2. The van der Waals surface area contributed by atoms with Crippen LogP contribution in [-0.4, -0.2) is 36.1 Å². The van der Waals surface area contributed by atoms with Crippen molar-refractivity contribution in [1.82, 2.24) is 9.97 Å². The third kappa shape index (κ3) is 5.68. The fourth-order valence-electron chi connectivity index (χ4n) is 2.69. The maximum Gasteiger partial charge on any atom is 0.275 e. The molecule has 3 aromatic rings. The Kier molecular flexibility index (Phi) is 7.00. The number of nitrogens with zero attached hydrogens (tertiary/aromatic N) is 2. The molecule has 0 saturated heterocycles. The Labute approximate surface area is 170 Å². The van der Waals surface area contributed by atoms with Crippen molar-refractivity contribution in [2.75, 3.05) is 30.9 Å². The molecule has 0 fully saturated rings. The molecule has 1 heterocycles. The zero-order chi connectivity index (χ0) is 20.5. The lowest BCUT2D eigenvalue weighted by molar-refractivity contribution is 0.102. The molecule has 0 saturated carbocycles. The van der Waals surface area contributed by atoms with Crippen molar-refractivity contribution in [1.29, 1.82) is 0 Å². The van der Waals surface area contributed by atoms with Gasteiger partial charge in [-0.2, -0.15) is 0 Å². The Morgan fingerprint density at radius 2 is 1.76 bits per heavy atom. The van der Waals surface area contributed by atoms with E-state index in [0.717, 1.165) is 29.2 Å². The number of methoxy groups -OCH3 is 1. The maximum absolute atomic E-state index is 12.4. The lowest BCUT2D eigenvalue weighted by Gasteiger charge is -2.10. The molecular formula is C22H24N4O3. The van der Waals surface area contributed by atoms with Crippen molar-refractivity contribution >= 4 is 17.4 Å². The number of amides is 1. The fraction of sp³-hybridized carbons (Fsp3) is 0.227. The number of hydrogen-bond donors (Lipinski definition) is 2. The molecule has 3 rings (SSSR count). The average molecular weight is 392 g/mol. The van der Waals surface area contributed by atoms with Gasteiger partial charge in [0.15, 0.2) is 0 Å². The van der Waals surface area contributed by atoms with Gasteiger partial charge in [-0.25, -0.2) is 9.97 Å². The van der Waals surface area contributed by atoms with E-state index in [4.69, 9.17) is 9.47 Å². The van der Waals surface area contributed by atoms with Gasteiger partial charge < -0.3 is 20.1 Å². The summed E-state index contributed by atoms with van der Waals surface area (Å²) in [6, 6.07) is 15.1. The van der Waals surface area contributed by atoms with Gasteiger partial charge in [0, 0.05) is 5.69 Å². The number of aromatic nitrogens is 2. The summed E-state index contributed by atoms with van der Waals surface area (Å²) in [5, 5.41) is 6.00. The molecule has 2 N–H and O–H groups in total. The molecule has 0 bridgehead atoms. The van der Waals surface area contributed by atoms with Crippen LogP contribution in [0.15, 0.2) is 60.9 Å². The highest BCUT2D eigenvalue weighted by molar-refractivity contribution is 6.03. The first kappa shape index (κ1) is 20.1. The molecule has 7 heteroatoms. The molecule has 0 radical (unpaired) electrons. The Balaban J connectivity index is 1.47. The minimum absolute atomic E-state index is 0.260. The summed E-state index contributed by atoms with van der Waals surface area (Å²) in [4.78, 5) is 20.8. The second-order valence-electron chi connectivity index (χ2n) is 6.20. The van der Waals surface area contributed by atoms with Crippen molar-refractivity contribution in [3.05, 3.63) is 72.2 Å². The summed E-state index contributed by atoms with van der Waals surface area (Å²) in [5.74, 6) is 1.84. The number of anilines is 2. The number of carbonyl (C=O) groups excluding carboxylic acids is 1. The molecular weight excluding hydrogens is 368 g/mol. The predicted molar refractivity (Wildman–Crippen MR) is 113 cm³/mol. The zero-order valence-corrected chi connectivity index (χ0v) is 16.5. The van der Waals surface area contributed by atoms with Gasteiger partial charge in [-0.1, -0.05) is 25.1 Å².